The Morgan fingerprint density at radius 3 is 2.41 bits per heavy atom. The van der Waals surface area contributed by atoms with E-state index in [0.29, 0.717) is 10.9 Å². The molecule has 0 bridgehead atoms. The molecule has 0 unspecified atom stereocenters. The van der Waals surface area contributed by atoms with Crippen molar-refractivity contribution in [2.24, 2.45) is 0 Å². The molecule has 0 saturated carbocycles. The number of hydrogen-bond acceptors (Lipinski definition) is 3. The summed E-state index contributed by atoms with van der Waals surface area (Å²) in [7, 11) is 0. The van der Waals surface area contributed by atoms with Crippen LogP contribution in [0, 0.1) is 0 Å². The summed E-state index contributed by atoms with van der Waals surface area (Å²) in [5.74, 6) is -0.247. The molecule has 0 spiro atoms. The number of aromatic nitrogens is 2. The molecule has 0 aliphatic rings. The first-order chi connectivity index (χ1) is 10.4. The fraction of sp³-hybridized carbons (Fsp3) is 0.438. The van der Waals surface area contributed by atoms with Crippen LogP contribution in [0.1, 0.15) is 33.7 Å². The lowest BCUT2D eigenvalue weighted by atomic mass is 10.2. The van der Waals surface area contributed by atoms with Gasteiger partial charge in [0, 0.05) is 12.6 Å². The molecular weight excluding hydrogens is 282 g/mol. The average molecular weight is 303 g/mol. The maximum absolute atomic E-state index is 12.6. The van der Waals surface area contributed by atoms with E-state index in [-0.39, 0.29) is 24.1 Å². The lowest BCUT2D eigenvalue weighted by Gasteiger charge is -2.20. The van der Waals surface area contributed by atoms with Gasteiger partial charge in [0.25, 0.3) is 5.56 Å². The monoisotopic (exact) mass is 303 g/mol. The van der Waals surface area contributed by atoms with Crippen molar-refractivity contribution in [3.05, 3.63) is 45.1 Å². The zero-order valence-electron chi connectivity index (χ0n) is 13.3. The van der Waals surface area contributed by atoms with Crippen molar-refractivity contribution in [3.63, 3.8) is 0 Å². The first-order valence-electron chi connectivity index (χ1n) is 7.43. The van der Waals surface area contributed by atoms with Crippen LogP contribution in [0.25, 0.3) is 10.9 Å². The molecule has 22 heavy (non-hydrogen) atoms. The Morgan fingerprint density at radius 1 is 1.18 bits per heavy atom. The molecule has 0 aliphatic carbocycles. The number of amides is 1. The van der Waals surface area contributed by atoms with Gasteiger partial charge in [0.05, 0.1) is 10.9 Å². The lowest BCUT2D eigenvalue weighted by Crippen LogP contribution is -2.45. The quantitative estimate of drug-likeness (QED) is 0.924. The van der Waals surface area contributed by atoms with E-state index >= 15 is 0 Å². The van der Waals surface area contributed by atoms with Crippen LogP contribution in [0.3, 0.4) is 0 Å². The number of benzene rings is 1. The number of fused-ring (bicyclic) bond motifs is 1. The average Bonchev–Trinajstić information content (AvgIpc) is 2.47. The largest absolute Gasteiger partial charge is 0.352 e. The highest BCUT2D eigenvalue weighted by molar-refractivity contribution is 5.84. The Kier molecular flexibility index (Phi) is 4.49. The minimum Gasteiger partial charge on any atom is -0.352 e. The molecule has 1 amide bonds. The summed E-state index contributed by atoms with van der Waals surface area (Å²) in [6.45, 7) is 7.38. The highest BCUT2D eigenvalue weighted by Gasteiger charge is 2.21. The van der Waals surface area contributed by atoms with E-state index in [9.17, 15) is 14.4 Å². The van der Waals surface area contributed by atoms with E-state index in [1.54, 1.807) is 38.1 Å². The van der Waals surface area contributed by atoms with E-state index in [1.807, 2.05) is 13.8 Å². The van der Waals surface area contributed by atoms with Crippen LogP contribution in [-0.4, -0.2) is 21.1 Å². The van der Waals surface area contributed by atoms with Gasteiger partial charge in [-0.3, -0.25) is 18.7 Å². The summed E-state index contributed by atoms with van der Waals surface area (Å²) < 4.78 is 2.54. The predicted octanol–water partition coefficient (Wildman–Crippen LogP) is 1.27. The van der Waals surface area contributed by atoms with Crippen molar-refractivity contribution in [2.75, 3.05) is 0 Å². The maximum Gasteiger partial charge on any atom is 0.332 e. The Labute approximate surface area is 128 Å². The van der Waals surface area contributed by atoms with E-state index in [1.165, 1.54) is 4.57 Å². The maximum atomic E-state index is 12.6. The van der Waals surface area contributed by atoms with E-state index in [2.05, 4.69) is 5.32 Å². The van der Waals surface area contributed by atoms with Crippen LogP contribution in [0.4, 0.5) is 0 Å². The molecule has 0 radical (unpaired) electrons. The molecule has 6 heteroatoms. The number of rotatable bonds is 4. The second-order valence-corrected chi connectivity index (χ2v) is 5.56. The van der Waals surface area contributed by atoms with Gasteiger partial charge < -0.3 is 5.32 Å². The molecule has 6 nitrogen and oxygen atoms in total. The zero-order valence-corrected chi connectivity index (χ0v) is 13.3. The molecule has 0 saturated heterocycles. The van der Waals surface area contributed by atoms with Gasteiger partial charge in [-0.15, -0.1) is 0 Å². The van der Waals surface area contributed by atoms with Gasteiger partial charge in [-0.05, 0) is 39.8 Å². The third-order valence-electron chi connectivity index (χ3n) is 3.59. The van der Waals surface area contributed by atoms with E-state index in [4.69, 9.17) is 0 Å². The third-order valence-corrected chi connectivity index (χ3v) is 3.59. The van der Waals surface area contributed by atoms with Crippen LogP contribution < -0.4 is 16.6 Å². The van der Waals surface area contributed by atoms with Crippen molar-refractivity contribution in [1.82, 2.24) is 14.5 Å². The van der Waals surface area contributed by atoms with Crippen molar-refractivity contribution in [2.45, 2.75) is 46.3 Å². The van der Waals surface area contributed by atoms with Gasteiger partial charge in [-0.1, -0.05) is 12.1 Å². The van der Waals surface area contributed by atoms with E-state index in [0.717, 1.165) is 4.57 Å². The highest BCUT2D eigenvalue weighted by Crippen LogP contribution is 2.13. The minimum atomic E-state index is -0.696. The van der Waals surface area contributed by atoms with Crippen LogP contribution in [0.2, 0.25) is 0 Å². The van der Waals surface area contributed by atoms with Crippen LogP contribution >= 0.6 is 0 Å². The number of carbonyl (C=O) groups excluding carboxylic acids is 1. The number of carbonyl (C=O) groups is 1. The SMILES string of the molecule is CCn1c(=O)c2ccccc2n([C@@H](C)C(=O)NC(C)C)c1=O. The Balaban J connectivity index is 2.75. The first-order valence-corrected chi connectivity index (χ1v) is 7.43. The number of hydrogen-bond donors (Lipinski definition) is 1. The van der Waals surface area contributed by atoms with Gasteiger partial charge in [0.1, 0.15) is 6.04 Å². The van der Waals surface area contributed by atoms with Gasteiger partial charge in [-0.25, -0.2) is 4.79 Å². The van der Waals surface area contributed by atoms with Gasteiger partial charge in [-0.2, -0.15) is 0 Å². The molecule has 118 valence electrons. The minimum absolute atomic E-state index is 0.0194. The predicted molar refractivity (Wildman–Crippen MR) is 86.1 cm³/mol. The van der Waals surface area contributed by atoms with Crippen molar-refractivity contribution in [1.29, 1.82) is 0 Å². The summed E-state index contributed by atoms with van der Waals surface area (Å²) in [5, 5.41) is 3.24. The number of nitrogens with one attached hydrogen (secondary N) is 1. The first kappa shape index (κ1) is 16.0. The zero-order chi connectivity index (χ0) is 16.4. The molecular formula is C16H21N3O3. The van der Waals surface area contributed by atoms with E-state index < -0.39 is 11.7 Å². The smallest absolute Gasteiger partial charge is 0.332 e. The third kappa shape index (κ3) is 2.68. The molecule has 1 atom stereocenters. The molecule has 1 heterocycles. The second kappa shape index (κ2) is 6.17. The highest BCUT2D eigenvalue weighted by atomic mass is 16.2. The van der Waals surface area contributed by atoms with Crippen LogP contribution in [-0.2, 0) is 11.3 Å². The fourth-order valence-corrected chi connectivity index (χ4v) is 2.51. The van der Waals surface area contributed by atoms with Gasteiger partial charge in [0.15, 0.2) is 0 Å². The Hall–Kier alpha value is -2.37. The topological polar surface area (TPSA) is 73.1 Å². The molecule has 2 rings (SSSR count). The molecule has 1 aromatic carbocycles. The number of para-hydroxylation sites is 1. The molecule has 2 aromatic rings. The lowest BCUT2D eigenvalue weighted by molar-refractivity contribution is -0.124. The second-order valence-electron chi connectivity index (χ2n) is 5.56. The summed E-state index contributed by atoms with van der Waals surface area (Å²) in [6, 6.07) is 6.15. The van der Waals surface area contributed by atoms with Crippen LogP contribution in [0.15, 0.2) is 33.9 Å². The molecule has 0 aliphatic heterocycles. The van der Waals surface area contributed by atoms with Crippen molar-refractivity contribution < 1.29 is 4.79 Å². The molecule has 1 N–H and O–H groups in total. The summed E-state index contributed by atoms with van der Waals surface area (Å²) in [6.07, 6.45) is 0. The number of nitrogens with zero attached hydrogens (tertiary/aromatic N) is 2. The van der Waals surface area contributed by atoms with Crippen LogP contribution in [0.5, 0.6) is 0 Å². The summed E-state index contributed by atoms with van der Waals surface area (Å²) in [4.78, 5) is 37.2. The normalized spacial score (nSPS) is 12.6. The Morgan fingerprint density at radius 2 is 1.82 bits per heavy atom. The van der Waals surface area contributed by atoms with Gasteiger partial charge >= 0.3 is 5.69 Å². The van der Waals surface area contributed by atoms with Crippen molar-refractivity contribution >= 4 is 16.8 Å². The standard InChI is InChI=1S/C16H21N3O3/c1-5-18-15(21)12-8-6-7-9-13(12)19(16(18)22)11(4)14(20)17-10(2)3/h6-11H,5H2,1-4H3,(H,17,20)/t11-/m0/s1. The van der Waals surface area contributed by atoms with Crippen molar-refractivity contribution in [3.8, 4) is 0 Å². The van der Waals surface area contributed by atoms with Gasteiger partial charge in [0.2, 0.25) is 5.91 Å². The Bertz CT molecular complexity index is 817. The summed E-state index contributed by atoms with van der Waals surface area (Å²) >= 11 is 0. The summed E-state index contributed by atoms with van der Waals surface area (Å²) in [5.41, 5.74) is -0.304. The fourth-order valence-electron chi connectivity index (χ4n) is 2.51. The molecule has 1 aromatic heterocycles. The molecule has 0 fully saturated rings.